The Morgan fingerprint density at radius 1 is 1.16 bits per heavy atom. The van der Waals surface area contributed by atoms with Crippen LogP contribution in [0, 0.1) is 0 Å². The second-order valence-corrected chi connectivity index (χ2v) is 6.39. The van der Waals surface area contributed by atoms with Crippen LogP contribution in [0.1, 0.15) is 19.0 Å². The Morgan fingerprint density at radius 2 is 1.89 bits per heavy atom. The Bertz CT molecular complexity index is 618. The minimum atomic E-state index is 0.424. The second-order valence-electron chi connectivity index (χ2n) is 3.98. The van der Waals surface area contributed by atoms with Gasteiger partial charge < -0.3 is 0 Å². The van der Waals surface area contributed by atoms with Gasteiger partial charge in [-0.25, -0.2) is 9.97 Å². The SMILES string of the molecule is CCCc1nc(-c2ccc(Br)c(Cl)c2)nc(Cl)c1Br. The van der Waals surface area contributed by atoms with Crippen LogP contribution >= 0.6 is 55.1 Å². The van der Waals surface area contributed by atoms with Crippen molar-refractivity contribution in [3.05, 3.63) is 43.0 Å². The number of aromatic nitrogens is 2. The largest absolute Gasteiger partial charge is 0.232 e. The fourth-order valence-electron chi connectivity index (χ4n) is 1.63. The van der Waals surface area contributed by atoms with Crippen LogP contribution in [-0.2, 0) is 6.42 Å². The van der Waals surface area contributed by atoms with Crippen molar-refractivity contribution < 1.29 is 0 Å². The van der Waals surface area contributed by atoms with Crippen molar-refractivity contribution in [2.24, 2.45) is 0 Å². The highest BCUT2D eigenvalue weighted by Gasteiger charge is 2.12. The molecule has 0 saturated carbocycles. The van der Waals surface area contributed by atoms with Crippen LogP contribution in [0.15, 0.2) is 27.1 Å². The highest BCUT2D eigenvalue weighted by atomic mass is 79.9. The first-order chi connectivity index (χ1) is 9.02. The zero-order valence-corrected chi connectivity index (χ0v) is 14.7. The van der Waals surface area contributed by atoms with Gasteiger partial charge in [-0.2, -0.15) is 0 Å². The first-order valence-corrected chi connectivity index (χ1v) is 8.04. The monoisotopic (exact) mass is 422 g/mol. The molecule has 1 aromatic carbocycles. The van der Waals surface area contributed by atoms with Crippen molar-refractivity contribution in [1.29, 1.82) is 0 Å². The highest BCUT2D eigenvalue weighted by molar-refractivity contribution is 9.11. The van der Waals surface area contributed by atoms with Crippen LogP contribution < -0.4 is 0 Å². The van der Waals surface area contributed by atoms with E-state index >= 15 is 0 Å². The van der Waals surface area contributed by atoms with Crippen molar-refractivity contribution >= 4 is 55.1 Å². The Hall–Kier alpha value is -0.160. The second kappa shape index (κ2) is 6.53. The number of halogens is 4. The van der Waals surface area contributed by atoms with Gasteiger partial charge in [0.05, 0.1) is 15.2 Å². The molecule has 2 rings (SSSR count). The lowest BCUT2D eigenvalue weighted by Gasteiger charge is -2.08. The zero-order valence-electron chi connectivity index (χ0n) is 10.1. The van der Waals surface area contributed by atoms with Gasteiger partial charge in [0.15, 0.2) is 5.82 Å². The molecule has 2 aromatic rings. The van der Waals surface area contributed by atoms with Crippen LogP contribution in [0.5, 0.6) is 0 Å². The first kappa shape index (κ1) is 15.2. The molecule has 0 aliphatic rings. The molecule has 0 aliphatic carbocycles. The number of nitrogens with zero attached hydrogens (tertiary/aromatic N) is 2. The van der Waals surface area contributed by atoms with Crippen molar-refractivity contribution in [2.45, 2.75) is 19.8 Å². The fourth-order valence-corrected chi connectivity index (χ4v) is 2.62. The molecule has 1 heterocycles. The van der Waals surface area contributed by atoms with Crippen molar-refractivity contribution in [1.82, 2.24) is 9.97 Å². The summed E-state index contributed by atoms with van der Waals surface area (Å²) in [7, 11) is 0. The summed E-state index contributed by atoms with van der Waals surface area (Å²) in [6.45, 7) is 2.10. The standard InChI is InChI=1S/C13H10Br2Cl2N2/c1-2-3-10-11(15)12(17)19-13(18-10)7-4-5-8(14)9(16)6-7/h4-6H,2-3H2,1H3. The van der Waals surface area contributed by atoms with Crippen molar-refractivity contribution in [3.8, 4) is 11.4 Å². The van der Waals surface area contributed by atoms with E-state index in [9.17, 15) is 0 Å². The summed E-state index contributed by atoms with van der Waals surface area (Å²) in [5.41, 5.74) is 1.76. The lowest BCUT2D eigenvalue weighted by molar-refractivity contribution is 0.868. The van der Waals surface area contributed by atoms with Crippen molar-refractivity contribution in [2.75, 3.05) is 0 Å². The van der Waals surface area contributed by atoms with E-state index in [1.807, 2.05) is 18.2 Å². The van der Waals surface area contributed by atoms with Gasteiger partial charge in [-0.1, -0.05) is 36.5 Å². The Kier molecular flexibility index (Phi) is 5.23. The third-order valence-corrected chi connectivity index (χ3v) is 5.11. The van der Waals surface area contributed by atoms with Crippen LogP contribution in [0.25, 0.3) is 11.4 Å². The number of benzene rings is 1. The van der Waals surface area contributed by atoms with Crippen LogP contribution in [0.4, 0.5) is 0 Å². The highest BCUT2D eigenvalue weighted by Crippen LogP contribution is 2.31. The number of rotatable bonds is 3. The number of hydrogen-bond donors (Lipinski definition) is 0. The number of aryl methyl sites for hydroxylation is 1. The maximum absolute atomic E-state index is 6.14. The molecule has 19 heavy (non-hydrogen) atoms. The van der Waals surface area contributed by atoms with E-state index in [1.54, 1.807) is 0 Å². The van der Waals surface area contributed by atoms with E-state index in [4.69, 9.17) is 23.2 Å². The zero-order chi connectivity index (χ0) is 14.0. The summed E-state index contributed by atoms with van der Waals surface area (Å²) < 4.78 is 1.61. The molecule has 0 atom stereocenters. The molecule has 2 nitrogen and oxygen atoms in total. The maximum Gasteiger partial charge on any atom is 0.161 e. The van der Waals surface area contributed by atoms with E-state index in [0.29, 0.717) is 16.0 Å². The summed E-state index contributed by atoms with van der Waals surface area (Å²) in [6, 6.07) is 5.60. The Labute approximate surface area is 138 Å². The minimum Gasteiger partial charge on any atom is -0.232 e. The van der Waals surface area contributed by atoms with Crippen LogP contribution in [-0.4, -0.2) is 9.97 Å². The molecule has 0 spiro atoms. The smallest absolute Gasteiger partial charge is 0.161 e. The molecule has 0 unspecified atom stereocenters. The van der Waals surface area contributed by atoms with Gasteiger partial charge in [0.25, 0.3) is 0 Å². The van der Waals surface area contributed by atoms with E-state index < -0.39 is 0 Å². The molecule has 0 bridgehead atoms. The molecular weight excluding hydrogens is 415 g/mol. The third kappa shape index (κ3) is 3.48. The van der Waals surface area contributed by atoms with Gasteiger partial charge in [0, 0.05) is 10.0 Å². The average molecular weight is 425 g/mol. The number of hydrogen-bond acceptors (Lipinski definition) is 2. The van der Waals surface area contributed by atoms with Gasteiger partial charge >= 0.3 is 0 Å². The minimum absolute atomic E-state index is 0.424. The van der Waals surface area contributed by atoms with Crippen LogP contribution in [0.2, 0.25) is 10.2 Å². The molecular formula is C13H10Br2Cl2N2. The summed E-state index contributed by atoms with van der Waals surface area (Å²) >= 11 is 19.0. The van der Waals surface area contributed by atoms with Gasteiger partial charge in [0.1, 0.15) is 5.15 Å². The predicted molar refractivity (Wildman–Crippen MR) is 86.9 cm³/mol. The fraction of sp³-hybridized carbons (Fsp3) is 0.231. The summed E-state index contributed by atoms with van der Waals surface area (Å²) in [6.07, 6.45) is 1.84. The lowest BCUT2D eigenvalue weighted by atomic mass is 10.2. The molecule has 100 valence electrons. The average Bonchev–Trinajstić information content (AvgIpc) is 2.38. The summed E-state index contributed by atoms with van der Waals surface area (Å²) in [5, 5.41) is 1.05. The van der Waals surface area contributed by atoms with E-state index in [0.717, 1.165) is 33.0 Å². The summed E-state index contributed by atoms with van der Waals surface area (Å²) in [4.78, 5) is 8.84. The molecule has 0 radical (unpaired) electrons. The Morgan fingerprint density at radius 3 is 2.53 bits per heavy atom. The molecule has 0 saturated heterocycles. The summed E-state index contributed by atoms with van der Waals surface area (Å²) in [5.74, 6) is 0.589. The van der Waals surface area contributed by atoms with Crippen molar-refractivity contribution in [3.63, 3.8) is 0 Å². The van der Waals surface area contributed by atoms with E-state index in [2.05, 4.69) is 48.8 Å². The maximum atomic E-state index is 6.14. The van der Waals surface area contributed by atoms with Gasteiger partial charge in [-0.05, 0) is 56.5 Å². The molecule has 0 aliphatic heterocycles. The topological polar surface area (TPSA) is 25.8 Å². The van der Waals surface area contributed by atoms with Gasteiger partial charge in [-0.3, -0.25) is 0 Å². The molecule has 6 heteroatoms. The van der Waals surface area contributed by atoms with E-state index in [1.165, 1.54) is 0 Å². The predicted octanol–water partition coefficient (Wildman–Crippen LogP) is 5.93. The van der Waals surface area contributed by atoms with Crippen LogP contribution in [0.3, 0.4) is 0 Å². The Balaban J connectivity index is 2.52. The third-order valence-electron chi connectivity index (χ3n) is 2.54. The van der Waals surface area contributed by atoms with Gasteiger partial charge in [0.2, 0.25) is 0 Å². The first-order valence-electron chi connectivity index (χ1n) is 5.70. The normalized spacial score (nSPS) is 10.8. The van der Waals surface area contributed by atoms with Gasteiger partial charge in [-0.15, -0.1) is 0 Å². The van der Waals surface area contributed by atoms with E-state index in [-0.39, 0.29) is 0 Å². The molecule has 1 aromatic heterocycles. The lowest BCUT2D eigenvalue weighted by Crippen LogP contribution is -1.98. The molecule has 0 amide bonds. The molecule has 0 fully saturated rings. The molecule has 0 N–H and O–H groups in total. The quantitative estimate of drug-likeness (QED) is 0.571.